The van der Waals surface area contributed by atoms with Crippen molar-refractivity contribution in [2.75, 3.05) is 19.6 Å². The number of carboxylic acids is 2. The molecule has 0 unspecified atom stereocenters. The summed E-state index contributed by atoms with van der Waals surface area (Å²) in [6.07, 6.45) is 0.00680. The van der Waals surface area contributed by atoms with Gasteiger partial charge in [-0.1, -0.05) is 13.8 Å². The number of carbonyl (C=O) groups excluding carboxylic acids is 6. The van der Waals surface area contributed by atoms with Gasteiger partial charge in [-0.2, -0.15) is 0 Å². The second-order valence-corrected chi connectivity index (χ2v) is 9.96. The van der Waals surface area contributed by atoms with Crippen molar-refractivity contribution in [3.8, 4) is 0 Å². The van der Waals surface area contributed by atoms with Crippen LogP contribution in [0, 0.1) is 5.92 Å². The molecular weight excluding hydrogens is 546 g/mol. The van der Waals surface area contributed by atoms with Gasteiger partial charge in [0.15, 0.2) is 0 Å². The van der Waals surface area contributed by atoms with Crippen LogP contribution in [0.5, 0.6) is 0 Å². The Morgan fingerprint density at radius 3 is 1.98 bits per heavy atom. The zero-order valence-electron chi connectivity index (χ0n) is 23.0. The molecule has 1 rings (SSSR count). The van der Waals surface area contributed by atoms with E-state index in [0.717, 1.165) is 6.42 Å². The maximum Gasteiger partial charge on any atom is 0.326 e. The minimum atomic E-state index is -1.69. The third-order valence-corrected chi connectivity index (χ3v) is 5.91. The van der Waals surface area contributed by atoms with E-state index in [1.165, 1.54) is 0 Å². The first kappa shape index (κ1) is 34.7. The fourth-order valence-electron chi connectivity index (χ4n) is 3.88. The van der Waals surface area contributed by atoms with Crippen LogP contribution in [-0.2, 0) is 38.4 Å². The number of amides is 6. The lowest BCUT2D eigenvalue weighted by Crippen LogP contribution is -2.56. The van der Waals surface area contributed by atoms with Crippen LogP contribution in [0.3, 0.4) is 0 Å². The molecule has 1 aliphatic heterocycles. The van der Waals surface area contributed by atoms with Crippen LogP contribution < -0.4 is 37.6 Å². The van der Waals surface area contributed by atoms with Crippen LogP contribution in [-0.4, -0.2) is 101 Å². The quantitative estimate of drug-likeness (QED) is 0.0754. The molecule has 0 saturated carbocycles. The van der Waals surface area contributed by atoms with Crippen LogP contribution in [0.1, 0.15) is 52.4 Å². The number of primary amides is 1. The number of aliphatic carboxylic acids is 2. The molecule has 0 aromatic heterocycles. The van der Waals surface area contributed by atoms with Crippen molar-refractivity contribution in [1.82, 2.24) is 31.9 Å². The summed E-state index contributed by atoms with van der Waals surface area (Å²) in [5.41, 5.74) is 5.14. The van der Waals surface area contributed by atoms with Gasteiger partial charge in [-0.15, -0.1) is 0 Å². The molecule has 0 aromatic carbocycles. The van der Waals surface area contributed by atoms with E-state index in [9.17, 15) is 48.6 Å². The molecule has 0 aromatic rings. The normalized spacial score (nSPS) is 16.5. The number of rotatable bonds is 18. The Balaban J connectivity index is 2.81. The van der Waals surface area contributed by atoms with E-state index >= 15 is 0 Å². The zero-order chi connectivity index (χ0) is 31.1. The van der Waals surface area contributed by atoms with Gasteiger partial charge in [0.1, 0.15) is 18.1 Å². The highest BCUT2D eigenvalue weighted by Crippen LogP contribution is 2.06. The first-order valence-electron chi connectivity index (χ1n) is 13.1. The smallest absolute Gasteiger partial charge is 0.326 e. The number of nitrogens with two attached hydrogens (primary N) is 1. The molecule has 0 bridgehead atoms. The van der Waals surface area contributed by atoms with Gasteiger partial charge < -0.3 is 47.8 Å². The third kappa shape index (κ3) is 14.1. The monoisotopic (exact) mass is 585 g/mol. The van der Waals surface area contributed by atoms with Crippen molar-refractivity contribution in [1.29, 1.82) is 0 Å². The molecule has 0 radical (unpaired) electrons. The molecule has 230 valence electrons. The van der Waals surface area contributed by atoms with E-state index in [2.05, 4.69) is 31.9 Å². The van der Waals surface area contributed by atoms with Crippen LogP contribution in [0.2, 0.25) is 0 Å². The Morgan fingerprint density at radius 1 is 0.854 bits per heavy atom. The molecule has 1 heterocycles. The topological polar surface area (TPSA) is 275 Å². The number of carbonyl (C=O) groups is 8. The molecule has 41 heavy (non-hydrogen) atoms. The van der Waals surface area contributed by atoms with Crippen LogP contribution in [0.4, 0.5) is 0 Å². The second-order valence-electron chi connectivity index (χ2n) is 9.96. The van der Waals surface area contributed by atoms with Crippen LogP contribution >= 0.6 is 0 Å². The van der Waals surface area contributed by atoms with Crippen molar-refractivity contribution < 1.29 is 48.6 Å². The van der Waals surface area contributed by atoms with Gasteiger partial charge in [-0.3, -0.25) is 33.6 Å². The van der Waals surface area contributed by atoms with Gasteiger partial charge in [-0.25, -0.2) is 4.79 Å². The molecule has 0 spiro atoms. The lowest BCUT2D eigenvalue weighted by Gasteiger charge is -2.22. The fourth-order valence-corrected chi connectivity index (χ4v) is 3.88. The maximum absolute atomic E-state index is 12.9. The fraction of sp³-hybridized carbons (Fsp3) is 0.667. The lowest BCUT2D eigenvalue weighted by atomic mass is 10.0. The average Bonchev–Trinajstić information content (AvgIpc) is 3.42. The molecule has 0 aliphatic carbocycles. The second kappa shape index (κ2) is 17.4. The van der Waals surface area contributed by atoms with Crippen molar-refractivity contribution in [3.63, 3.8) is 0 Å². The maximum atomic E-state index is 12.9. The van der Waals surface area contributed by atoms with E-state index < -0.39 is 91.1 Å². The Bertz CT molecular complexity index is 997. The molecule has 10 N–H and O–H groups in total. The highest BCUT2D eigenvalue weighted by atomic mass is 16.4. The van der Waals surface area contributed by atoms with Crippen molar-refractivity contribution in [3.05, 3.63) is 0 Å². The van der Waals surface area contributed by atoms with Gasteiger partial charge >= 0.3 is 11.9 Å². The highest BCUT2D eigenvalue weighted by molar-refractivity contribution is 5.96. The molecule has 1 aliphatic rings. The molecule has 17 heteroatoms. The predicted molar refractivity (Wildman–Crippen MR) is 141 cm³/mol. The number of hydrogen-bond donors (Lipinski definition) is 9. The molecule has 6 amide bonds. The van der Waals surface area contributed by atoms with Crippen molar-refractivity contribution in [2.24, 2.45) is 11.7 Å². The lowest BCUT2D eigenvalue weighted by molar-refractivity contribution is -0.143. The Labute approximate surface area is 236 Å². The summed E-state index contributed by atoms with van der Waals surface area (Å²) in [7, 11) is 0. The number of hydrogen-bond acceptors (Lipinski definition) is 9. The largest absolute Gasteiger partial charge is 0.481 e. The van der Waals surface area contributed by atoms with E-state index in [4.69, 9.17) is 5.73 Å². The SMILES string of the molecule is CC(C)C[C@H](NC(=O)CNC(=O)[C@H](CC(=O)O)NC(=O)[C@H](CCC(N)=O)NC(=O)CNC(=O)[C@@H]1CCCN1)C(=O)O. The van der Waals surface area contributed by atoms with Gasteiger partial charge in [0, 0.05) is 6.42 Å². The van der Waals surface area contributed by atoms with Gasteiger partial charge in [0.05, 0.1) is 25.6 Å². The summed E-state index contributed by atoms with van der Waals surface area (Å²) in [6, 6.07) is -4.77. The number of carboxylic acid groups (broad SMARTS) is 2. The summed E-state index contributed by atoms with van der Waals surface area (Å²) in [5, 5.41) is 32.7. The minimum absolute atomic E-state index is 0.0512. The van der Waals surface area contributed by atoms with Crippen molar-refractivity contribution in [2.45, 2.75) is 76.5 Å². The summed E-state index contributed by atoms with van der Waals surface area (Å²) < 4.78 is 0. The Morgan fingerprint density at radius 2 is 1.46 bits per heavy atom. The van der Waals surface area contributed by atoms with E-state index in [-0.39, 0.29) is 25.2 Å². The highest BCUT2D eigenvalue weighted by Gasteiger charge is 2.30. The van der Waals surface area contributed by atoms with E-state index in [1.807, 2.05) is 0 Å². The van der Waals surface area contributed by atoms with Crippen LogP contribution in [0.15, 0.2) is 0 Å². The molecular formula is C24H39N7O10. The first-order valence-corrected chi connectivity index (χ1v) is 13.1. The average molecular weight is 586 g/mol. The van der Waals surface area contributed by atoms with Gasteiger partial charge in [0.25, 0.3) is 0 Å². The summed E-state index contributed by atoms with van der Waals surface area (Å²) in [4.78, 5) is 96.1. The first-order chi connectivity index (χ1) is 19.2. The van der Waals surface area contributed by atoms with E-state index in [1.54, 1.807) is 13.8 Å². The standard InChI is InChI=1S/C24H39N7O10/c1-12(2)8-16(24(40)41)30-19(34)11-28-22(38)15(9-20(35)36)31-23(39)14(5-6-17(25)32)29-18(33)10-27-21(37)13-4-3-7-26-13/h12-16,26H,3-11H2,1-2H3,(H2,25,32)(H,27,37)(H,28,38)(H,29,33)(H,30,34)(H,31,39)(H,35,36)(H,40,41)/t13-,14-,15-,16-/m0/s1. The van der Waals surface area contributed by atoms with E-state index in [0.29, 0.717) is 13.0 Å². The molecule has 4 atom stereocenters. The van der Waals surface area contributed by atoms with Crippen LogP contribution in [0.25, 0.3) is 0 Å². The third-order valence-electron chi connectivity index (χ3n) is 5.91. The zero-order valence-corrected chi connectivity index (χ0v) is 23.0. The summed E-state index contributed by atoms with van der Waals surface area (Å²) in [5.74, 6) is -7.71. The minimum Gasteiger partial charge on any atom is -0.481 e. The molecule has 1 saturated heterocycles. The summed E-state index contributed by atoms with van der Waals surface area (Å²) >= 11 is 0. The Kier molecular flexibility index (Phi) is 14.8. The van der Waals surface area contributed by atoms with Gasteiger partial charge in [-0.05, 0) is 38.1 Å². The molecule has 1 fully saturated rings. The molecule has 17 nitrogen and oxygen atoms in total. The number of nitrogens with one attached hydrogen (secondary N) is 6. The Hall–Kier alpha value is -4.28. The van der Waals surface area contributed by atoms with Gasteiger partial charge in [0.2, 0.25) is 35.4 Å². The predicted octanol–water partition coefficient (Wildman–Crippen LogP) is -3.70. The summed E-state index contributed by atoms with van der Waals surface area (Å²) in [6.45, 7) is 2.98. The van der Waals surface area contributed by atoms with Crippen molar-refractivity contribution >= 4 is 47.4 Å².